The largest absolute Gasteiger partial charge is 0.451 e. The number of carbonyl (C=O) groups excluding carboxylic acids is 1. The first-order chi connectivity index (χ1) is 12.1. The van der Waals surface area contributed by atoms with Crippen molar-refractivity contribution in [2.45, 2.75) is 19.4 Å². The zero-order valence-electron chi connectivity index (χ0n) is 13.7. The molecule has 1 atom stereocenters. The van der Waals surface area contributed by atoms with Crippen LogP contribution >= 0.6 is 11.6 Å². The molecule has 0 saturated heterocycles. The second-order valence-corrected chi connectivity index (χ2v) is 6.67. The molecular formula is C20H17ClN2O2. The molecule has 4 rings (SSSR count). The molecule has 5 heteroatoms. The highest BCUT2D eigenvalue weighted by atomic mass is 35.5. The van der Waals surface area contributed by atoms with E-state index in [1.807, 2.05) is 31.3 Å². The van der Waals surface area contributed by atoms with E-state index in [9.17, 15) is 4.79 Å². The fraction of sp³-hybridized carbons (Fsp3) is 0.150. The highest BCUT2D eigenvalue weighted by molar-refractivity contribution is 6.31. The Hall–Kier alpha value is -2.72. The third-order valence-electron chi connectivity index (χ3n) is 4.28. The van der Waals surface area contributed by atoms with Gasteiger partial charge in [-0.15, -0.1) is 0 Å². The minimum Gasteiger partial charge on any atom is -0.451 e. The number of rotatable bonds is 4. The van der Waals surface area contributed by atoms with Gasteiger partial charge in [0.1, 0.15) is 5.58 Å². The maximum Gasteiger partial charge on any atom is 0.287 e. The van der Waals surface area contributed by atoms with E-state index < -0.39 is 0 Å². The van der Waals surface area contributed by atoms with E-state index in [0.717, 1.165) is 17.3 Å². The van der Waals surface area contributed by atoms with Crippen LogP contribution in [0.2, 0.25) is 5.02 Å². The average Bonchev–Trinajstić information content (AvgIpc) is 3.19. The molecule has 0 saturated carbocycles. The van der Waals surface area contributed by atoms with E-state index >= 15 is 0 Å². The summed E-state index contributed by atoms with van der Waals surface area (Å²) < 4.78 is 5.61. The van der Waals surface area contributed by atoms with Crippen molar-refractivity contribution in [2.24, 2.45) is 0 Å². The first-order valence-electron chi connectivity index (χ1n) is 8.15. The number of hydrogen-bond donors (Lipinski definition) is 2. The van der Waals surface area contributed by atoms with Gasteiger partial charge in [-0.05, 0) is 49.2 Å². The fourth-order valence-electron chi connectivity index (χ4n) is 3.10. The molecule has 0 aliphatic carbocycles. The van der Waals surface area contributed by atoms with E-state index in [2.05, 4.69) is 16.4 Å². The van der Waals surface area contributed by atoms with Gasteiger partial charge in [-0.25, -0.2) is 0 Å². The minimum absolute atomic E-state index is 0.0245. The molecule has 0 bridgehead atoms. The van der Waals surface area contributed by atoms with Crippen molar-refractivity contribution in [2.75, 3.05) is 0 Å². The number of benzene rings is 2. The maximum atomic E-state index is 12.5. The summed E-state index contributed by atoms with van der Waals surface area (Å²) in [4.78, 5) is 15.7. The van der Waals surface area contributed by atoms with Crippen molar-refractivity contribution in [1.29, 1.82) is 0 Å². The molecule has 0 aliphatic heterocycles. The van der Waals surface area contributed by atoms with Crippen molar-refractivity contribution < 1.29 is 9.21 Å². The van der Waals surface area contributed by atoms with Crippen LogP contribution in [0, 0.1) is 0 Å². The number of aromatic nitrogens is 1. The third-order valence-corrected chi connectivity index (χ3v) is 4.52. The molecule has 0 aliphatic rings. The molecule has 2 aromatic carbocycles. The Morgan fingerprint density at radius 3 is 2.96 bits per heavy atom. The van der Waals surface area contributed by atoms with E-state index in [1.54, 1.807) is 24.3 Å². The van der Waals surface area contributed by atoms with E-state index in [-0.39, 0.29) is 11.9 Å². The number of amides is 1. The number of furan rings is 1. The zero-order chi connectivity index (χ0) is 17.4. The molecule has 25 heavy (non-hydrogen) atoms. The van der Waals surface area contributed by atoms with Crippen molar-refractivity contribution in [1.82, 2.24) is 10.3 Å². The topological polar surface area (TPSA) is 58.0 Å². The van der Waals surface area contributed by atoms with Gasteiger partial charge in [-0.2, -0.15) is 0 Å². The van der Waals surface area contributed by atoms with Gasteiger partial charge >= 0.3 is 0 Å². The van der Waals surface area contributed by atoms with Crippen LogP contribution in [0.3, 0.4) is 0 Å². The number of hydrogen-bond acceptors (Lipinski definition) is 2. The maximum absolute atomic E-state index is 12.5. The van der Waals surface area contributed by atoms with Crippen molar-refractivity contribution in [3.8, 4) is 0 Å². The first-order valence-corrected chi connectivity index (χ1v) is 8.53. The lowest BCUT2D eigenvalue weighted by atomic mass is 10.1. The Bertz CT molecular complexity index is 1060. The van der Waals surface area contributed by atoms with Crippen LogP contribution in [0.4, 0.5) is 0 Å². The number of nitrogens with one attached hydrogen (secondary N) is 2. The van der Waals surface area contributed by atoms with Crippen LogP contribution in [0.5, 0.6) is 0 Å². The molecule has 0 fully saturated rings. The normalized spacial score (nSPS) is 12.6. The second kappa shape index (κ2) is 6.30. The molecule has 0 spiro atoms. The molecule has 0 unspecified atom stereocenters. The number of halogens is 1. The summed E-state index contributed by atoms with van der Waals surface area (Å²) in [7, 11) is 0. The van der Waals surface area contributed by atoms with Crippen molar-refractivity contribution in [3.05, 3.63) is 71.1 Å². The summed E-state index contributed by atoms with van der Waals surface area (Å²) in [6.07, 6.45) is 2.73. The second-order valence-electron chi connectivity index (χ2n) is 6.23. The Morgan fingerprint density at radius 1 is 1.24 bits per heavy atom. The smallest absolute Gasteiger partial charge is 0.287 e. The minimum atomic E-state index is -0.223. The van der Waals surface area contributed by atoms with Gasteiger partial charge in [0.25, 0.3) is 5.91 Å². The highest BCUT2D eigenvalue weighted by Gasteiger charge is 2.16. The standard InChI is InChI=1S/C20H17ClN2O2/c1-12(8-14-11-22-17-5-3-2-4-16(14)17)23-20(24)19-10-13-9-15(21)6-7-18(13)25-19/h2-7,9-12,22H,8H2,1H3,(H,23,24)/t12-/m0/s1. The Morgan fingerprint density at radius 2 is 2.08 bits per heavy atom. The summed E-state index contributed by atoms with van der Waals surface area (Å²) in [5.74, 6) is 0.0720. The van der Waals surface area contributed by atoms with E-state index in [4.69, 9.17) is 16.0 Å². The Balaban J connectivity index is 1.49. The Kier molecular flexibility index (Phi) is 3.98. The van der Waals surface area contributed by atoms with E-state index in [0.29, 0.717) is 16.4 Å². The summed E-state index contributed by atoms with van der Waals surface area (Å²) in [6.45, 7) is 1.99. The van der Waals surface area contributed by atoms with Crippen molar-refractivity contribution in [3.63, 3.8) is 0 Å². The van der Waals surface area contributed by atoms with Crippen LogP contribution < -0.4 is 5.32 Å². The predicted octanol–water partition coefficient (Wildman–Crippen LogP) is 4.93. The van der Waals surface area contributed by atoms with Crippen molar-refractivity contribution >= 4 is 39.4 Å². The lowest BCUT2D eigenvalue weighted by molar-refractivity contribution is 0.0914. The number of aromatic amines is 1. The molecule has 2 aromatic heterocycles. The predicted molar refractivity (Wildman–Crippen MR) is 100 cm³/mol. The van der Waals surface area contributed by atoms with Crippen LogP contribution in [0.15, 0.2) is 59.1 Å². The van der Waals surface area contributed by atoms with Crippen LogP contribution in [-0.2, 0) is 6.42 Å². The monoisotopic (exact) mass is 352 g/mol. The third kappa shape index (κ3) is 3.13. The lowest BCUT2D eigenvalue weighted by Gasteiger charge is -2.12. The van der Waals surface area contributed by atoms with E-state index in [1.165, 1.54) is 10.9 Å². The molecule has 1 amide bonds. The number of para-hydroxylation sites is 1. The fourth-order valence-corrected chi connectivity index (χ4v) is 3.28. The number of H-pyrrole nitrogens is 1. The molecule has 4 aromatic rings. The summed E-state index contributed by atoms with van der Waals surface area (Å²) in [6, 6.07) is 15.1. The number of fused-ring (bicyclic) bond motifs is 2. The molecule has 126 valence electrons. The van der Waals surface area contributed by atoms with Crippen LogP contribution in [0.25, 0.3) is 21.9 Å². The van der Waals surface area contributed by atoms with Gasteiger partial charge < -0.3 is 14.7 Å². The molecule has 2 heterocycles. The Labute approximate surface area is 149 Å². The molecule has 2 N–H and O–H groups in total. The summed E-state index contributed by atoms with van der Waals surface area (Å²) >= 11 is 5.97. The van der Waals surface area contributed by atoms with Gasteiger partial charge in [0, 0.05) is 33.6 Å². The van der Waals surface area contributed by atoms with Gasteiger partial charge in [0.2, 0.25) is 0 Å². The van der Waals surface area contributed by atoms with Gasteiger partial charge in [-0.1, -0.05) is 29.8 Å². The lowest BCUT2D eigenvalue weighted by Crippen LogP contribution is -2.33. The highest BCUT2D eigenvalue weighted by Crippen LogP contribution is 2.23. The summed E-state index contributed by atoms with van der Waals surface area (Å²) in [5, 5.41) is 5.62. The molecule has 0 radical (unpaired) electrons. The van der Waals surface area contributed by atoms with Gasteiger partial charge in [-0.3, -0.25) is 4.79 Å². The molecule has 4 nitrogen and oxygen atoms in total. The SMILES string of the molecule is C[C@@H](Cc1c[nH]c2ccccc12)NC(=O)c1cc2cc(Cl)ccc2o1. The molecular weight excluding hydrogens is 336 g/mol. The zero-order valence-corrected chi connectivity index (χ0v) is 14.4. The van der Waals surface area contributed by atoms with Crippen LogP contribution in [0.1, 0.15) is 23.0 Å². The quantitative estimate of drug-likeness (QED) is 0.547. The van der Waals surface area contributed by atoms with Crippen LogP contribution in [-0.4, -0.2) is 16.9 Å². The summed E-state index contributed by atoms with van der Waals surface area (Å²) in [5.41, 5.74) is 2.93. The average molecular weight is 353 g/mol. The van der Waals surface area contributed by atoms with Gasteiger partial charge in [0.15, 0.2) is 5.76 Å². The first kappa shape index (κ1) is 15.8. The number of carbonyl (C=O) groups is 1. The van der Waals surface area contributed by atoms with Gasteiger partial charge in [0.05, 0.1) is 0 Å².